The topological polar surface area (TPSA) is 47.6 Å². The van der Waals surface area contributed by atoms with Crippen LogP contribution in [-0.4, -0.2) is 18.6 Å². The van der Waals surface area contributed by atoms with E-state index >= 15 is 0 Å². The van der Waals surface area contributed by atoms with Gasteiger partial charge in [0, 0.05) is 0 Å². The number of fused-ring (bicyclic) bond motifs is 2. The molecule has 0 radical (unpaired) electrons. The maximum Gasteiger partial charge on any atom is 0.265 e. The van der Waals surface area contributed by atoms with Crippen molar-refractivity contribution in [1.82, 2.24) is 5.32 Å². The maximum atomic E-state index is 12.7. The molecule has 136 valence electrons. The van der Waals surface area contributed by atoms with E-state index in [9.17, 15) is 4.79 Å². The second kappa shape index (κ2) is 7.40. The monoisotopic (exact) mass is 351 g/mol. The van der Waals surface area contributed by atoms with Crippen molar-refractivity contribution >= 4 is 5.91 Å². The molecule has 4 rings (SSSR count). The number of ether oxygens (including phenoxy) is 2. The van der Waals surface area contributed by atoms with E-state index in [0.29, 0.717) is 11.5 Å². The van der Waals surface area contributed by atoms with Crippen molar-refractivity contribution in [3.05, 3.63) is 59.2 Å². The number of carbonyl (C=O) groups is 1. The van der Waals surface area contributed by atoms with Crippen molar-refractivity contribution in [2.75, 3.05) is 6.61 Å². The second-order valence-corrected chi connectivity index (χ2v) is 7.07. The van der Waals surface area contributed by atoms with Gasteiger partial charge in [0.15, 0.2) is 11.5 Å². The molecule has 0 bridgehead atoms. The normalized spacial score (nSPS) is 19.3. The van der Waals surface area contributed by atoms with Crippen LogP contribution in [0.25, 0.3) is 0 Å². The quantitative estimate of drug-likeness (QED) is 0.907. The summed E-state index contributed by atoms with van der Waals surface area (Å²) in [7, 11) is 0. The summed E-state index contributed by atoms with van der Waals surface area (Å²) < 4.78 is 11.5. The first-order chi connectivity index (χ1) is 12.7. The highest BCUT2D eigenvalue weighted by atomic mass is 16.6. The summed E-state index contributed by atoms with van der Waals surface area (Å²) in [6.45, 7) is 2.33. The lowest BCUT2D eigenvalue weighted by Crippen LogP contribution is -2.45. The van der Waals surface area contributed by atoms with Gasteiger partial charge in [-0.2, -0.15) is 0 Å². The van der Waals surface area contributed by atoms with Crippen LogP contribution in [0.3, 0.4) is 0 Å². The Balaban J connectivity index is 1.46. The Kier molecular flexibility index (Phi) is 4.83. The molecule has 1 N–H and O–H groups in total. The Morgan fingerprint density at radius 3 is 2.69 bits per heavy atom. The van der Waals surface area contributed by atoms with Crippen LogP contribution in [0.4, 0.5) is 0 Å². The van der Waals surface area contributed by atoms with Crippen molar-refractivity contribution in [3.63, 3.8) is 0 Å². The third kappa shape index (κ3) is 3.41. The minimum Gasteiger partial charge on any atom is -0.485 e. The van der Waals surface area contributed by atoms with Gasteiger partial charge in [-0.25, -0.2) is 0 Å². The third-order valence-corrected chi connectivity index (χ3v) is 5.30. The third-order valence-electron chi connectivity index (χ3n) is 5.30. The summed E-state index contributed by atoms with van der Waals surface area (Å²) in [5.41, 5.74) is 4.08. The number of aryl methyl sites for hydroxylation is 2. The van der Waals surface area contributed by atoms with Crippen molar-refractivity contribution in [1.29, 1.82) is 0 Å². The summed E-state index contributed by atoms with van der Waals surface area (Å²) in [5.74, 6) is 1.20. The minimum absolute atomic E-state index is 0.00417. The first kappa shape index (κ1) is 17.0. The van der Waals surface area contributed by atoms with E-state index in [1.165, 1.54) is 36.0 Å². The molecule has 1 amide bonds. The van der Waals surface area contributed by atoms with Gasteiger partial charge in [-0.1, -0.05) is 37.3 Å². The van der Waals surface area contributed by atoms with E-state index in [0.717, 1.165) is 12.8 Å². The van der Waals surface area contributed by atoms with Crippen molar-refractivity contribution in [3.8, 4) is 11.5 Å². The lowest BCUT2D eigenvalue weighted by atomic mass is 9.89. The van der Waals surface area contributed by atoms with Crippen LogP contribution in [0.5, 0.6) is 11.5 Å². The number of carbonyl (C=O) groups excluding carboxylic acids is 1. The molecule has 0 fully saturated rings. The summed E-state index contributed by atoms with van der Waals surface area (Å²) >= 11 is 0. The smallest absolute Gasteiger partial charge is 0.265 e. The molecule has 2 aromatic rings. The molecule has 1 heterocycles. The number of nitrogens with one attached hydrogen (secondary N) is 1. The highest BCUT2D eigenvalue weighted by Gasteiger charge is 2.29. The molecule has 4 heteroatoms. The Labute approximate surface area is 154 Å². The van der Waals surface area contributed by atoms with Gasteiger partial charge in [-0.05, 0) is 60.9 Å². The number of amides is 1. The van der Waals surface area contributed by atoms with Gasteiger partial charge >= 0.3 is 0 Å². The minimum atomic E-state index is -0.614. The molecular formula is C22H25NO3. The van der Waals surface area contributed by atoms with Gasteiger partial charge < -0.3 is 14.8 Å². The van der Waals surface area contributed by atoms with E-state index in [-0.39, 0.29) is 18.6 Å². The Morgan fingerprint density at radius 2 is 1.88 bits per heavy atom. The van der Waals surface area contributed by atoms with Crippen molar-refractivity contribution in [2.45, 2.75) is 51.2 Å². The predicted molar refractivity (Wildman–Crippen MR) is 101 cm³/mol. The molecule has 1 aliphatic heterocycles. The van der Waals surface area contributed by atoms with E-state index in [2.05, 4.69) is 30.4 Å². The van der Waals surface area contributed by atoms with E-state index < -0.39 is 6.10 Å². The molecule has 2 aromatic carbocycles. The first-order valence-corrected chi connectivity index (χ1v) is 9.55. The fourth-order valence-electron chi connectivity index (χ4n) is 3.80. The zero-order chi connectivity index (χ0) is 17.9. The largest absolute Gasteiger partial charge is 0.485 e. The van der Waals surface area contributed by atoms with Crippen LogP contribution in [0.2, 0.25) is 0 Å². The van der Waals surface area contributed by atoms with Crippen LogP contribution >= 0.6 is 0 Å². The molecule has 2 atom stereocenters. The van der Waals surface area contributed by atoms with Gasteiger partial charge in [0.1, 0.15) is 6.61 Å². The molecule has 4 nitrogen and oxygen atoms in total. The Bertz CT molecular complexity index is 802. The molecule has 2 unspecified atom stereocenters. The highest BCUT2D eigenvalue weighted by Crippen LogP contribution is 2.31. The number of hydrogen-bond donors (Lipinski definition) is 1. The summed E-state index contributed by atoms with van der Waals surface area (Å²) in [6.07, 6.45) is 5.08. The first-order valence-electron chi connectivity index (χ1n) is 9.55. The number of para-hydroxylation sites is 2. The van der Waals surface area contributed by atoms with E-state index in [1.54, 1.807) is 0 Å². The van der Waals surface area contributed by atoms with Crippen molar-refractivity contribution < 1.29 is 14.3 Å². The molecule has 1 aliphatic carbocycles. The SMILES string of the molecule is CCC(NC(=O)C1COc2ccccc2O1)c1ccc2c(c1)CCCC2. The molecule has 0 aromatic heterocycles. The number of hydrogen-bond acceptors (Lipinski definition) is 3. The molecule has 0 saturated heterocycles. The van der Waals surface area contributed by atoms with Crippen LogP contribution in [0, 0.1) is 0 Å². The van der Waals surface area contributed by atoms with E-state index in [1.807, 2.05) is 24.3 Å². The summed E-state index contributed by atoms with van der Waals surface area (Å²) in [4.78, 5) is 12.7. The molecule has 0 saturated carbocycles. The zero-order valence-corrected chi connectivity index (χ0v) is 15.2. The molecular weight excluding hydrogens is 326 g/mol. The van der Waals surface area contributed by atoms with E-state index in [4.69, 9.17) is 9.47 Å². The molecule has 26 heavy (non-hydrogen) atoms. The number of rotatable bonds is 4. The van der Waals surface area contributed by atoms with Crippen LogP contribution in [0.1, 0.15) is 48.9 Å². The fourth-order valence-corrected chi connectivity index (χ4v) is 3.80. The van der Waals surface area contributed by atoms with Crippen LogP contribution < -0.4 is 14.8 Å². The lowest BCUT2D eigenvalue weighted by Gasteiger charge is -2.28. The van der Waals surface area contributed by atoms with Gasteiger partial charge in [0.05, 0.1) is 6.04 Å². The van der Waals surface area contributed by atoms with Gasteiger partial charge in [-0.15, -0.1) is 0 Å². The average molecular weight is 351 g/mol. The highest BCUT2D eigenvalue weighted by molar-refractivity contribution is 5.82. The molecule has 0 spiro atoms. The summed E-state index contributed by atoms with van der Waals surface area (Å²) in [6, 6.07) is 14.1. The van der Waals surface area contributed by atoms with Crippen LogP contribution in [0.15, 0.2) is 42.5 Å². The van der Waals surface area contributed by atoms with Gasteiger partial charge in [-0.3, -0.25) is 4.79 Å². The fraction of sp³-hybridized carbons (Fsp3) is 0.409. The Hall–Kier alpha value is -2.49. The lowest BCUT2D eigenvalue weighted by molar-refractivity contribution is -0.131. The second-order valence-electron chi connectivity index (χ2n) is 7.07. The van der Waals surface area contributed by atoms with Gasteiger partial charge in [0.25, 0.3) is 5.91 Å². The van der Waals surface area contributed by atoms with Crippen molar-refractivity contribution in [2.24, 2.45) is 0 Å². The maximum absolute atomic E-state index is 12.7. The van der Waals surface area contributed by atoms with Gasteiger partial charge in [0.2, 0.25) is 6.10 Å². The standard InChI is InChI=1S/C22H25NO3/c1-2-18(17-12-11-15-7-3-4-8-16(15)13-17)23-22(24)21-14-25-19-9-5-6-10-20(19)26-21/h5-6,9-13,18,21H,2-4,7-8,14H2,1H3,(H,23,24). The van der Waals surface area contributed by atoms with Crippen LogP contribution in [-0.2, 0) is 17.6 Å². The Morgan fingerprint density at radius 1 is 1.12 bits per heavy atom. The number of benzene rings is 2. The average Bonchev–Trinajstić information content (AvgIpc) is 2.71. The molecule has 2 aliphatic rings. The zero-order valence-electron chi connectivity index (χ0n) is 15.2. The summed E-state index contributed by atoms with van der Waals surface area (Å²) in [5, 5.41) is 3.15. The predicted octanol–water partition coefficient (Wildman–Crippen LogP) is 3.97.